The molecule has 0 saturated carbocycles. The molecule has 2 rings (SSSR count). The van der Waals surface area contributed by atoms with Gasteiger partial charge in [-0.2, -0.15) is 0 Å². The van der Waals surface area contributed by atoms with Gasteiger partial charge in [-0.05, 0) is 35.4 Å². The van der Waals surface area contributed by atoms with E-state index in [-0.39, 0.29) is 17.2 Å². The topological polar surface area (TPSA) is 29.5 Å². The van der Waals surface area contributed by atoms with Gasteiger partial charge in [-0.25, -0.2) is 8.78 Å². The number of methoxy groups -OCH3 is 1. The molecule has 5 heteroatoms. The molecule has 106 valence electrons. The van der Waals surface area contributed by atoms with E-state index in [1.165, 1.54) is 37.4 Å². The Balaban J connectivity index is 2.16. The van der Waals surface area contributed by atoms with Gasteiger partial charge in [0, 0.05) is 6.42 Å². The maximum atomic E-state index is 13.5. The Morgan fingerprint density at radius 1 is 1.15 bits per heavy atom. The van der Waals surface area contributed by atoms with Gasteiger partial charge in [0.15, 0.2) is 11.6 Å². The van der Waals surface area contributed by atoms with Crippen LogP contribution in [0.5, 0.6) is 5.75 Å². The summed E-state index contributed by atoms with van der Waals surface area (Å²) in [7, 11) is 1.38. The van der Waals surface area contributed by atoms with E-state index < -0.39 is 17.7 Å². The molecule has 20 heavy (non-hydrogen) atoms. The van der Waals surface area contributed by atoms with E-state index in [0.29, 0.717) is 11.1 Å². The zero-order chi connectivity index (χ0) is 14.7. The predicted octanol–water partition coefficient (Wildman–Crippen LogP) is 3.90. The third-order valence-electron chi connectivity index (χ3n) is 2.97. The number of aliphatic hydroxyl groups is 1. The van der Waals surface area contributed by atoms with Gasteiger partial charge < -0.3 is 9.84 Å². The summed E-state index contributed by atoms with van der Waals surface area (Å²) < 4.78 is 31.4. The highest BCUT2D eigenvalue weighted by molar-refractivity contribution is 6.30. The van der Waals surface area contributed by atoms with Crippen LogP contribution >= 0.6 is 11.6 Å². The summed E-state index contributed by atoms with van der Waals surface area (Å²) in [6.07, 6.45) is -0.691. The van der Waals surface area contributed by atoms with Crippen LogP contribution < -0.4 is 4.74 Å². The van der Waals surface area contributed by atoms with Crippen LogP contribution in [0.3, 0.4) is 0 Å². The summed E-state index contributed by atoms with van der Waals surface area (Å²) in [5.74, 6) is -0.888. The second-order valence-corrected chi connectivity index (χ2v) is 4.77. The Morgan fingerprint density at radius 2 is 1.90 bits per heavy atom. The van der Waals surface area contributed by atoms with Crippen molar-refractivity contribution in [2.75, 3.05) is 7.11 Å². The molecule has 1 unspecified atom stereocenters. The first kappa shape index (κ1) is 14.8. The zero-order valence-electron chi connectivity index (χ0n) is 10.7. The summed E-state index contributed by atoms with van der Waals surface area (Å²) in [5.41, 5.74) is 1.09. The van der Waals surface area contributed by atoms with E-state index in [4.69, 9.17) is 16.3 Å². The molecule has 2 nitrogen and oxygen atoms in total. The minimum Gasteiger partial charge on any atom is -0.494 e. The van der Waals surface area contributed by atoms with Crippen LogP contribution in [0.25, 0.3) is 0 Å². The van der Waals surface area contributed by atoms with Crippen LogP contribution in [0.15, 0.2) is 36.4 Å². The van der Waals surface area contributed by atoms with Crippen molar-refractivity contribution in [3.63, 3.8) is 0 Å². The normalized spacial score (nSPS) is 12.2. The van der Waals surface area contributed by atoms with E-state index in [9.17, 15) is 13.9 Å². The van der Waals surface area contributed by atoms with Crippen molar-refractivity contribution >= 4 is 11.6 Å². The van der Waals surface area contributed by atoms with Crippen LogP contribution in [0.2, 0.25) is 5.02 Å². The van der Waals surface area contributed by atoms with Crippen LogP contribution in [-0.4, -0.2) is 12.2 Å². The molecule has 0 aliphatic carbocycles. The first-order valence-electron chi connectivity index (χ1n) is 5.96. The Bertz CT molecular complexity index is 617. The van der Waals surface area contributed by atoms with Gasteiger partial charge in [-0.15, -0.1) is 0 Å². The van der Waals surface area contributed by atoms with E-state index in [1.54, 1.807) is 6.07 Å². The lowest BCUT2D eigenvalue weighted by molar-refractivity contribution is 0.178. The number of aliphatic hydroxyl groups excluding tert-OH is 1. The van der Waals surface area contributed by atoms with Crippen molar-refractivity contribution in [2.45, 2.75) is 12.5 Å². The number of halogens is 3. The minimum absolute atomic E-state index is 0.0533. The van der Waals surface area contributed by atoms with E-state index in [1.807, 2.05) is 0 Å². The lowest BCUT2D eigenvalue weighted by Gasteiger charge is -2.12. The van der Waals surface area contributed by atoms with Gasteiger partial charge in [0.05, 0.1) is 18.2 Å². The highest BCUT2D eigenvalue weighted by atomic mass is 35.5. The Hall–Kier alpha value is -1.65. The highest BCUT2D eigenvalue weighted by Gasteiger charge is 2.12. The molecule has 0 saturated heterocycles. The molecule has 0 heterocycles. The second kappa shape index (κ2) is 6.20. The molecule has 2 aromatic carbocycles. The van der Waals surface area contributed by atoms with Crippen LogP contribution in [0.4, 0.5) is 8.78 Å². The van der Waals surface area contributed by atoms with Crippen molar-refractivity contribution in [2.24, 2.45) is 0 Å². The zero-order valence-corrected chi connectivity index (χ0v) is 11.5. The molecule has 0 amide bonds. The van der Waals surface area contributed by atoms with Gasteiger partial charge in [0.25, 0.3) is 0 Å². The van der Waals surface area contributed by atoms with Crippen LogP contribution in [0.1, 0.15) is 17.2 Å². The molecular weight excluding hydrogens is 286 g/mol. The fraction of sp³-hybridized carbons (Fsp3) is 0.200. The fourth-order valence-corrected chi connectivity index (χ4v) is 2.09. The number of rotatable bonds is 4. The third-order valence-corrected chi connectivity index (χ3v) is 3.26. The molecule has 0 bridgehead atoms. The van der Waals surface area contributed by atoms with Gasteiger partial charge in [-0.1, -0.05) is 23.7 Å². The summed E-state index contributed by atoms with van der Waals surface area (Å²) in [6.45, 7) is 0. The quantitative estimate of drug-likeness (QED) is 0.927. The van der Waals surface area contributed by atoms with Gasteiger partial charge in [0.1, 0.15) is 5.82 Å². The molecule has 0 fully saturated rings. The van der Waals surface area contributed by atoms with E-state index >= 15 is 0 Å². The highest BCUT2D eigenvalue weighted by Crippen LogP contribution is 2.25. The molecule has 2 aromatic rings. The molecule has 1 atom stereocenters. The average molecular weight is 299 g/mol. The molecule has 0 aromatic heterocycles. The molecule has 1 N–H and O–H groups in total. The molecular formula is C15H13ClF2O2. The van der Waals surface area contributed by atoms with E-state index in [0.717, 1.165) is 0 Å². The second-order valence-electron chi connectivity index (χ2n) is 4.36. The Kier molecular flexibility index (Phi) is 4.57. The number of hydrogen-bond donors (Lipinski definition) is 1. The van der Waals surface area contributed by atoms with E-state index in [2.05, 4.69) is 0 Å². The molecule has 0 spiro atoms. The number of hydrogen-bond acceptors (Lipinski definition) is 2. The van der Waals surface area contributed by atoms with Gasteiger partial charge >= 0.3 is 0 Å². The lowest BCUT2D eigenvalue weighted by atomic mass is 10.0. The first-order valence-corrected chi connectivity index (χ1v) is 6.34. The van der Waals surface area contributed by atoms with Crippen molar-refractivity contribution in [3.8, 4) is 5.75 Å². The third kappa shape index (κ3) is 3.26. The first-order chi connectivity index (χ1) is 9.51. The standard InChI is InChI=1S/C15H13ClF2O2/c1-20-15-5-2-9(6-13(15)18)7-14(19)10-3-4-12(17)11(16)8-10/h2-6,8,14,19H,7H2,1H3. The van der Waals surface area contributed by atoms with Crippen molar-refractivity contribution in [1.29, 1.82) is 0 Å². The minimum atomic E-state index is -0.888. The molecule has 0 radical (unpaired) electrons. The SMILES string of the molecule is COc1ccc(CC(O)c2ccc(F)c(Cl)c2)cc1F. The summed E-state index contributed by atoms with van der Waals surface area (Å²) in [4.78, 5) is 0. The molecule has 0 aliphatic rings. The van der Waals surface area contributed by atoms with Crippen LogP contribution in [0, 0.1) is 11.6 Å². The largest absolute Gasteiger partial charge is 0.494 e. The van der Waals surface area contributed by atoms with Gasteiger partial charge in [-0.3, -0.25) is 0 Å². The maximum Gasteiger partial charge on any atom is 0.165 e. The smallest absolute Gasteiger partial charge is 0.165 e. The summed E-state index contributed by atoms with van der Waals surface area (Å²) >= 11 is 5.66. The lowest BCUT2D eigenvalue weighted by Crippen LogP contribution is -2.03. The Morgan fingerprint density at radius 3 is 2.50 bits per heavy atom. The van der Waals surface area contributed by atoms with Crippen LogP contribution in [-0.2, 0) is 6.42 Å². The fourth-order valence-electron chi connectivity index (χ4n) is 1.90. The molecule has 0 aliphatic heterocycles. The summed E-state index contributed by atoms with van der Waals surface area (Å²) in [5, 5.41) is 10.0. The Labute approximate surface area is 120 Å². The van der Waals surface area contributed by atoms with Crippen molar-refractivity contribution < 1.29 is 18.6 Å². The predicted molar refractivity (Wildman–Crippen MR) is 73.0 cm³/mol. The average Bonchev–Trinajstić information content (AvgIpc) is 2.42. The van der Waals surface area contributed by atoms with Gasteiger partial charge in [0.2, 0.25) is 0 Å². The number of benzene rings is 2. The summed E-state index contributed by atoms with van der Waals surface area (Å²) in [6, 6.07) is 8.46. The van der Waals surface area contributed by atoms with Crippen molar-refractivity contribution in [1.82, 2.24) is 0 Å². The number of ether oxygens (including phenoxy) is 1. The maximum absolute atomic E-state index is 13.5. The van der Waals surface area contributed by atoms with Crippen molar-refractivity contribution in [3.05, 3.63) is 64.2 Å². The monoisotopic (exact) mass is 298 g/mol.